The number of ether oxygens (including phenoxy) is 2. The molecule has 0 aliphatic heterocycles. The zero-order chi connectivity index (χ0) is 16.1. The molecule has 0 amide bonds. The van der Waals surface area contributed by atoms with E-state index in [0.29, 0.717) is 12.4 Å². The Hall–Kier alpha value is -2.34. The maximum atomic E-state index is 12.1. The number of aromatic nitrogens is 2. The summed E-state index contributed by atoms with van der Waals surface area (Å²) in [5.74, 6) is -0.658. The summed E-state index contributed by atoms with van der Waals surface area (Å²) in [6.07, 6.45) is 0. The summed E-state index contributed by atoms with van der Waals surface area (Å²) in [5, 5.41) is 0. The number of methoxy groups -OCH3 is 2. The van der Waals surface area contributed by atoms with Crippen molar-refractivity contribution in [2.24, 2.45) is 0 Å². The van der Waals surface area contributed by atoms with Crippen LogP contribution in [0, 0.1) is 0 Å². The highest BCUT2D eigenvalue weighted by atomic mass is 35.5. The van der Waals surface area contributed by atoms with Gasteiger partial charge in [0.15, 0.2) is 11.4 Å². The van der Waals surface area contributed by atoms with E-state index in [1.54, 1.807) is 4.57 Å². The van der Waals surface area contributed by atoms with Gasteiger partial charge in [0.25, 0.3) is 0 Å². The first-order valence-corrected chi connectivity index (χ1v) is 7.06. The van der Waals surface area contributed by atoms with Gasteiger partial charge in [0.1, 0.15) is 5.82 Å². The number of imidazole rings is 1. The molecule has 0 N–H and O–H groups in total. The third kappa shape index (κ3) is 2.96. The van der Waals surface area contributed by atoms with E-state index in [0.717, 1.165) is 5.56 Å². The standard InChI is InChI=1S/C15H15ClN2O4/c1-21-14(19)11-12(15(20)22-2)18(9-8-16)13(17-11)10-6-4-3-5-7-10/h3-7H,8-9H2,1-2H3. The SMILES string of the molecule is COC(=O)c1nc(-c2ccccc2)n(CCCl)c1C(=O)OC. The summed E-state index contributed by atoms with van der Waals surface area (Å²) in [5.41, 5.74) is 0.708. The molecule has 1 aromatic heterocycles. The van der Waals surface area contributed by atoms with Crippen LogP contribution in [0.1, 0.15) is 21.0 Å². The molecule has 0 aliphatic carbocycles. The van der Waals surface area contributed by atoms with Crippen molar-refractivity contribution in [2.45, 2.75) is 6.54 Å². The second-order valence-electron chi connectivity index (χ2n) is 4.32. The summed E-state index contributed by atoms with van der Waals surface area (Å²) in [7, 11) is 2.47. The predicted octanol–water partition coefficient (Wildman–Crippen LogP) is 2.36. The van der Waals surface area contributed by atoms with Crippen molar-refractivity contribution in [2.75, 3.05) is 20.1 Å². The highest BCUT2D eigenvalue weighted by Gasteiger charge is 2.28. The maximum absolute atomic E-state index is 12.1. The van der Waals surface area contributed by atoms with Crippen molar-refractivity contribution in [3.63, 3.8) is 0 Å². The fourth-order valence-corrected chi connectivity index (χ4v) is 2.27. The number of rotatable bonds is 5. The van der Waals surface area contributed by atoms with Crippen molar-refractivity contribution in [3.8, 4) is 11.4 Å². The summed E-state index contributed by atoms with van der Waals surface area (Å²) >= 11 is 5.82. The van der Waals surface area contributed by atoms with Gasteiger partial charge >= 0.3 is 11.9 Å². The Balaban J connectivity index is 2.70. The van der Waals surface area contributed by atoms with Crippen LogP contribution in [0.3, 0.4) is 0 Å². The Morgan fingerprint density at radius 2 is 1.77 bits per heavy atom. The molecule has 6 nitrogen and oxygen atoms in total. The second-order valence-corrected chi connectivity index (χ2v) is 4.70. The van der Waals surface area contributed by atoms with E-state index in [4.69, 9.17) is 21.1 Å². The molecule has 116 valence electrons. The van der Waals surface area contributed by atoms with Gasteiger partial charge in [0.05, 0.1) is 14.2 Å². The van der Waals surface area contributed by atoms with Crippen LogP contribution in [0.2, 0.25) is 0 Å². The summed E-state index contributed by atoms with van der Waals surface area (Å²) in [6.45, 7) is 0.306. The monoisotopic (exact) mass is 322 g/mol. The van der Waals surface area contributed by atoms with Crippen molar-refractivity contribution in [1.29, 1.82) is 0 Å². The van der Waals surface area contributed by atoms with Crippen molar-refractivity contribution in [1.82, 2.24) is 9.55 Å². The molecule has 0 saturated heterocycles. The zero-order valence-corrected chi connectivity index (χ0v) is 13.0. The van der Waals surface area contributed by atoms with Gasteiger partial charge in [0.2, 0.25) is 0 Å². The average Bonchev–Trinajstić information content (AvgIpc) is 2.94. The molecule has 0 atom stereocenters. The van der Waals surface area contributed by atoms with Gasteiger partial charge in [-0.1, -0.05) is 30.3 Å². The van der Waals surface area contributed by atoms with Crippen molar-refractivity contribution in [3.05, 3.63) is 41.7 Å². The topological polar surface area (TPSA) is 70.4 Å². The third-order valence-electron chi connectivity index (χ3n) is 3.07. The highest BCUT2D eigenvalue weighted by Crippen LogP contribution is 2.24. The molecule has 2 aromatic rings. The van der Waals surface area contributed by atoms with Gasteiger partial charge in [-0.05, 0) is 0 Å². The molecule has 0 saturated carbocycles. The number of esters is 2. The van der Waals surface area contributed by atoms with Crippen LogP contribution < -0.4 is 0 Å². The summed E-state index contributed by atoms with van der Waals surface area (Å²) < 4.78 is 11.0. The molecule has 22 heavy (non-hydrogen) atoms. The molecule has 0 radical (unpaired) electrons. The predicted molar refractivity (Wildman–Crippen MR) is 81.1 cm³/mol. The van der Waals surface area contributed by atoms with Crippen LogP contribution in [0.4, 0.5) is 0 Å². The second kappa shape index (κ2) is 7.09. The van der Waals surface area contributed by atoms with Gasteiger partial charge in [-0.25, -0.2) is 14.6 Å². The van der Waals surface area contributed by atoms with E-state index in [9.17, 15) is 9.59 Å². The van der Waals surface area contributed by atoms with Gasteiger partial charge in [-0.2, -0.15) is 0 Å². The lowest BCUT2D eigenvalue weighted by atomic mass is 10.2. The van der Waals surface area contributed by atoms with E-state index in [2.05, 4.69) is 4.98 Å². The lowest BCUT2D eigenvalue weighted by molar-refractivity contribution is 0.0544. The van der Waals surface area contributed by atoms with Crippen LogP contribution in [0.15, 0.2) is 30.3 Å². The lowest BCUT2D eigenvalue weighted by Crippen LogP contribution is -2.16. The van der Waals surface area contributed by atoms with E-state index in [-0.39, 0.29) is 17.3 Å². The number of benzene rings is 1. The Bertz CT molecular complexity index is 682. The number of carbonyl (C=O) groups is 2. The summed E-state index contributed by atoms with van der Waals surface area (Å²) in [4.78, 5) is 28.2. The quantitative estimate of drug-likeness (QED) is 0.624. The Labute approximate surface area is 132 Å². The molecule has 0 aliphatic rings. The molecule has 0 spiro atoms. The van der Waals surface area contributed by atoms with Crippen LogP contribution in [0.5, 0.6) is 0 Å². The van der Waals surface area contributed by atoms with E-state index >= 15 is 0 Å². The van der Waals surface area contributed by atoms with Crippen LogP contribution in [0.25, 0.3) is 11.4 Å². The third-order valence-corrected chi connectivity index (χ3v) is 3.23. The number of halogens is 1. The average molecular weight is 323 g/mol. The van der Waals surface area contributed by atoms with Gasteiger partial charge < -0.3 is 14.0 Å². The minimum absolute atomic E-state index is 0.0360. The minimum atomic E-state index is -0.703. The highest BCUT2D eigenvalue weighted by molar-refractivity contribution is 6.17. The largest absolute Gasteiger partial charge is 0.464 e. The van der Waals surface area contributed by atoms with E-state index in [1.807, 2.05) is 30.3 Å². The first-order valence-electron chi connectivity index (χ1n) is 6.52. The molecule has 1 heterocycles. The normalized spacial score (nSPS) is 10.3. The first kappa shape index (κ1) is 16.0. The van der Waals surface area contributed by atoms with Gasteiger partial charge in [0, 0.05) is 18.0 Å². The fourth-order valence-electron chi connectivity index (χ4n) is 2.11. The molecule has 2 rings (SSSR count). The molecule has 0 fully saturated rings. The Kier molecular flexibility index (Phi) is 5.16. The van der Waals surface area contributed by atoms with Crippen LogP contribution in [-0.4, -0.2) is 41.6 Å². The Morgan fingerprint density at radius 3 is 2.32 bits per heavy atom. The molecule has 0 bridgehead atoms. The zero-order valence-electron chi connectivity index (χ0n) is 12.2. The van der Waals surface area contributed by atoms with E-state index in [1.165, 1.54) is 14.2 Å². The van der Waals surface area contributed by atoms with Crippen molar-refractivity contribution < 1.29 is 19.1 Å². The number of hydrogen-bond donors (Lipinski definition) is 0. The van der Waals surface area contributed by atoms with Crippen LogP contribution in [-0.2, 0) is 16.0 Å². The number of nitrogens with zero attached hydrogens (tertiary/aromatic N) is 2. The molecule has 7 heteroatoms. The summed E-state index contributed by atoms with van der Waals surface area (Å²) in [6, 6.07) is 9.19. The fraction of sp³-hybridized carbons (Fsp3) is 0.267. The Morgan fingerprint density at radius 1 is 1.14 bits per heavy atom. The maximum Gasteiger partial charge on any atom is 0.359 e. The van der Waals surface area contributed by atoms with E-state index < -0.39 is 11.9 Å². The number of carbonyl (C=O) groups excluding carboxylic acids is 2. The first-order chi connectivity index (χ1) is 10.6. The van der Waals surface area contributed by atoms with Crippen molar-refractivity contribution >= 4 is 23.5 Å². The molecule has 1 aromatic carbocycles. The smallest absolute Gasteiger partial charge is 0.359 e. The van der Waals surface area contributed by atoms with Crippen LogP contribution >= 0.6 is 11.6 Å². The number of alkyl halides is 1. The molecular weight excluding hydrogens is 308 g/mol. The minimum Gasteiger partial charge on any atom is -0.464 e. The lowest BCUT2D eigenvalue weighted by Gasteiger charge is -2.09. The van der Waals surface area contributed by atoms with Gasteiger partial charge in [-0.3, -0.25) is 0 Å². The van der Waals surface area contributed by atoms with Gasteiger partial charge in [-0.15, -0.1) is 11.6 Å². The molecule has 0 unspecified atom stereocenters. The molecular formula is C15H15ClN2O4. The number of hydrogen-bond acceptors (Lipinski definition) is 5.